The quantitative estimate of drug-likeness (QED) is 0.358. The molecule has 4 aliphatic carbocycles. The van der Waals surface area contributed by atoms with Crippen LogP contribution >= 0.6 is 0 Å². The molecule has 1 saturated heterocycles. The van der Waals surface area contributed by atoms with Gasteiger partial charge in [0.05, 0.1) is 12.2 Å². The molecule has 2 nitrogen and oxygen atoms in total. The molecule has 5 unspecified atom stereocenters. The summed E-state index contributed by atoms with van der Waals surface area (Å²) in [6.07, 6.45) is 27.0. The third-order valence-corrected chi connectivity index (χ3v) is 15.4. The van der Waals surface area contributed by atoms with Crippen LogP contribution in [0.5, 0.6) is 0 Å². The molecule has 1 aliphatic heterocycles. The Bertz CT molecular complexity index is 1320. The number of nitrogens with zero attached hydrogens (tertiary/aromatic N) is 1. The lowest BCUT2D eigenvalue weighted by atomic mass is 9.77. The molecule has 1 saturated carbocycles. The Morgan fingerprint density at radius 1 is 0.690 bits per heavy atom. The average molecular weight is 579 g/mol. The summed E-state index contributed by atoms with van der Waals surface area (Å²) < 4.78 is 3.03. The number of nitrogens with one attached hydrogen (secondary N) is 1. The normalized spacial score (nSPS) is 34.1. The van der Waals surface area contributed by atoms with Gasteiger partial charge in [-0.15, -0.1) is 0 Å². The first-order chi connectivity index (χ1) is 19.7. The van der Waals surface area contributed by atoms with Crippen LogP contribution in [0, 0.1) is 29.6 Å². The van der Waals surface area contributed by atoms with E-state index in [0.717, 1.165) is 0 Å². The molecule has 1 aromatic carbocycles. The van der Waals surface area contributed by atoms with Crippen molar-refractivity contribution in [1.82, 2.24) is 9.88 Å². The highest BCUT2D eigenvalue weighted by molar-refractivity contribution is 6.76. The van der Waals surface area contributed by atoms with Gasteiger partial charge in [-0.3, -0.25) is 5.32 Å². The molecule has 1 heterocycles. The van der Waals surface area contributed by atoms with Gasteiger partial charge in [-0.05, 0) is 68.2 Å². The Kier molecular flexibility index (Phi) is 7.43. The highest BCUT2D eigenvalue weighted by atomic mass is 28.3. The Balaban J connectivity index is 1.41. The van der Waals surface area contributed by atoms with Crippen molar-refractivity contribution < 1.29 is 0 Å². The molecular weight excluding hydrogens is 525 g/mol. The minimum Gasteiger partial charge on any atom is -0.301 e. The van der Waals surface area contributed by atoms with Crippen LogP contribution < -0.4 is 5.32 Å². The van der Waals surface area contributed by atoms with Gasteiger partial charge in [0.2, 0.25) is 0 Å². The molecule has 0 aromatic heterocycles. The largest absolute Gasteiger partial charge is 0.301 e. The van der Waals surface area contributed by atoms with Gasteiger partial charge in [-0.25, -0.2) is 0 Å². The fourth-order valence-corrected chi connectivity index (χ4v) is 13.9. The van der Waals surface area contributed by atoms with E-state index in [0.29, 0.717) is 53.4 Å². The second kappa shape index (κ2) is 10.5. The van der Waals surface area contributed by atoms with E-state index in [1.807, 2.05) is 0 Å². The average Bonchev–Trinajstić information content (AvgIpc) is 3.49. The number of fused-ring (bicyclic) bond motifs is 4. The number of hydrogen-bond acceptors (Lipinski definition) is 2. The zero-order valence-electron chi connectivity index (χ0n) is 27.7. The summed E-state index contributed by atoms with van der Waals surface area (Å²) in [7, 11) is -1.98. The van der Waals surface area contributed by atoms with Gasteiger partial charge in [-0.1, -0.05) is 154 Å². The zero-order chi connectivity index (χ0) is 30.2. The van der Waals surface area contributed by atoms with Crippen LogP contribution in [0.25, 0.3) is 5.57 Å². The lowest BCUT2D eigenvalue weighted by Crippen LogP contribution is -2.61. The van der Waals surface area contributed by atoms with Gasteiger partial charge in [0.15, 0.2) is 0 Å². The maximum atomic E-state index is 4.26. The van der Waals surface area contributed by atoms with Crippen molar-refractivity contribution in [3.63, 3.8) is 0 Å². The fraction of sp³-hybridized carbons (Fsp3) is 0.538. The second-order valence-corrected chi connectivity index (χ2v) is 21.1. The molecule has 42 heavy (non-hydrogen) atoms. The Morgan fingerprint density at radius 3 is 1.67 bits per heavy atom. The van der Waals surface area contributed by atoms with E-state index in [1.165, 1.54) is 22.3 Å². The zero-order valence-corrected chi connectivity index (χ0v) is 28.7. The third-order valence-electron chi connectivity index (χ3n) is 11.1. The van der Waals surface area contributed by atoms with E-state index < -0.39 is 8.24 Å². The van der Waals surface area contributed by atoms with Crippen LogP contribution in [-0.2, 0) is 10.8 Å². The smallest absolute Gasteiger partial charge is 0.129 e. The summed E-state index contributed by atoms with van der Waals surface area (Å²) in [4.78, 5) is 0. The van der Waals surface area contributed by atoms with E-state index in [1.54, 1.807) is 0 Å². The molecule has 1 aromatic rings. The predicted octanol–water partition coefficient (Wildman–Crippen LogP) is 9.17. The summed E-state index contributed by atoms with van der Waals surface area (Å²) in [6.45, 7) is 24.3. The Labute approximate surface area is 257 Å². The van der Waals surface area contributed by atoms with Crippen LogP contribution in [-0.4, -0.2) is 31.1 Å². The molecule has 3 heteroatoms. The lowest BCUT2D eigenvalue weighted by Gasteiger charge is -2.49. The molecular formula is C39H54N2Si. The van der Waals surface area contributed by atoms with E-state index in [9.17, 15) is 0 Å². The van der Waals surface area contributed by atoms with Crippen LogP contribution in [0.1, 0.15) is 72.1 Å². The number of rotatable bonds is 4. The van der Waals surface area contributed by atoms with Crippen molar-refractivity contribution in [3.05, 3.63) is 102 Å². The van der Waals surface area contributed by atoms with E-state index in [-0.39, 0.29) is 10.8 Å². The maximum absolute atomic E-state index is 4.26. The molecule has 2 fully saturated rings. The summed E-state index contributed by atoms with van der Waals surface area (Å²) in [5.74, 6) is 3.00. The van der Waals surface area contributed by atoms with E-state index in [4.69, 9.17) is 0 Å². The SMILES string of the molecule is CC(C)[C@H]1NC2C(c3cc(C(C)(C)C)cc(C(C)(C)C)c3)=CC=C[C@H]2N1[Si](C)(C)C1C2C=CC=CC2C2C=CC=CC21. The van der Waals surface area contributed by atoms with Crippen molar-refractivity contribution in [1.29, 1.82) is 0 Å². The summed E-state index contributed by atoms with van der Waals surface area (Å²) in [6, 6.07) is 8.10. The summed E-state index contributed by atoms with van der Waals surface area (Å²) in [5, 5.41) is 4.26. The standard InChI is InChI=1S/C39H54N2Si/c1-25(2)37-40-35-29(26-22-27(38(3,4)5)24-28(23-26)39(6,7)8)20-15-21-34(35)41(37)42(9,10)36-32-18-13-11-16-30(32)31-17-12-14-19-33(31)36/h11-25,30-37,40H,1-10H3/t30?,31?,32?,33?,34-,35?,36?,37+/m1/s1. The molecule has 5 aliphatic rings. The first-order valence-corrected chi connectivity index (χ1v) is 19.5. The molecule has 0 bridgehead atoms. The summed E-state index contributed by atoms with van der Waals surface area (Å²) >= 11 is 0. The molecule has 0 amide bonds. The topological polar surface area (TPSA) is 15.3 Å². The molecule has 1 N–H and O–H groups in total. The van der Waals surface area contributed by atoms with E-state index >= 15 is 0 Å². The van der Waals surface area contributed by atoms with Crippen molar-refractivity contribution in [3.8, 4) is 0 Å². The third kappa shape index (κ3) is 4.94. The Morgan fingerprint density at radius 2 is 1.19 bits per heavy atom. The van der Waals surface area contributed by atoms with Crippen molar-refractivity contribution >= 4 is 13.8 Å². The van der Waals surface area contributed by atoms with Gasteiger partial charge in [0, 0.05) is 6.04 Å². The lowest BCUT2D eigenvalue weighted by molar-refractivity contribution is 0.258. The number of allylic oxidation sites excluding steroid dienone is 10. The Hall–Kier alpha value is -2.20. The number of hydrogen-bond donors (Lipinski definition) is 1. The monoisotopic (exact) mass is 578 g/mol. The summed E-state index contributed by atoms with van der Waals surface area (Å²) in [5.41, 5.74) is 6.59. The second-order valence-electron chi connectivity index (χ2n) is 16.6. The highest BCUT2D eigenvalue weighted by Gasteiger charge is 2.59. The molecule has 0 spiro atoms. The van der Waals surface area contributed by atoms with Gasteiger partial charge < -0.3 is 4.57 Å². The molecule has 0 radical (unpaired) electrons. The molecule has 7 atom stereocenters. The number of benzene rings is 1. The van der Waals surface area contributed by atoms with E-state index in [2.05, 4.69) is 163 Å². The maximum Gasteiger partial charge on any atom is 0.129 e. The first-order valence-electron chi connectivity index (χ1n) is 16.5. The molecule has 224 valence electrons. The van der Waals surface area contributed by atoms with Crippen molar-refractivity contribution in [2.75, 3.05) is 0 Å². The fourth-order valence-electron chi connectivity index (χ4n) is 8.90. The predicted molar refractivity (Wildman–Crippen MR) is 184 cm³/mol. The minimum absolute atomic E-state index is 0.102. The van der Waals surface area contributed by atoms with Crippen LogP contribution in [0.2, 0.25) is 18.6 Å². The molecule has 6 rings (SSSR count). The van der Waals surface area contributed by atoms with Crippen LogP contribution in [0.4, 0.5) is 0 Å². The van der Waals surface area contributed by atoms with Gasteiger partial charge in [0.25, 0.3) is 0 Å². The van der Waals surface area contributed by atoms with Crippen LogP contribution in [0.15, 0.2) is 85.0 Å². The van der Waals surface area contributed by atoms with Crippen molar-refractivity contribution in [2.45, 2.75) is 103 Å². The minimum atomic E-state index is -1.98. The van der Waals surface area contributed by atoms with Crippen LogP contribution in [0.3, 0.4) is 0 Å². The van der Waals surface area contributed by atoms with Gasteiger partial charge in [-0.2, -0.15) is 0 Å². The van der Waals surface area contributed by atoms with Gasteiger partial charge in [0.1, 0.15) is 8.24 Å². The van der Waals surface area contributed by atoms with Gasteiger partial charge >= 0.3 is 0 Å². The highest BCUT2D eigenvalue weighted by Crippen LogP contribution is 2.59. The van der Waals surface area contributed by atoms with Crippen molar-refractivity contribution in [2.24, 2.45) is 29.6 Å². The first kappa shape index (κ1) is 29.9.